The van der Waals surface area contributed by atoms with E-state index in [4.69, 9.17) is 30.5 Å². The van der Waals surface area contributed by atoms with Crippen LogP contribution in [0.1, 0.15) is 18.5 Å². The van der Waals surface area contributed by atoms with Crippen LogP contribution in [0.3, 0.4) is 0 Å². The van der Waals surface area contributed by atoms with E-state index in [-0.39, 0.29) is 12.1 Å². The molecule has 2 unspecified atom stereocenters. The molecule has 0 bridgehead atoms. The molecule has 1 aromatic rings. The molecule has 118 valence electrons. The van der Waals surface area contributed by atoms with E-state index in [1.54, 1.807) is 14.2 Å². The van der Waals surface area contributed by atoms with E-state index in [1.165, 1.54) is 0 Å². The molecule has 1 aliphatic heterocycles. The SMILES string of the molecule is CCNC(c1ccc(OC)c(Cl)c1OC)C1COCCO1. The maximum absolute atomic E-state index is 6.35. The fourth-order valence-electron chi connectivity index (χ4n) is 2.52. The fraction of sp³-hybridized carbons (Fsp3) is 0.600. The second-order valence-corrected chi connectivity index (χ2v) is 5.10. The Bertz CT molecular complexity index is 463. The van der Waals surface area contributed by atoms with Gasteiger partial charge in [0.25, 0.3) is 0 Å². The molecule has 1 heterocycles. The second-order valence-electron chi connectivity index (χ2n) is 4.72. The Morgan fingerprint density at radius 2 is 2.14 bits per heavy atom. The Kier molecular flexibility index (Phi) is 6.11. The van der Waals surface area contributed by atoms with Crippen LogP contribution in [0.5, 0.6) is 11.5 Å². The highest BCUT2D eigenvalue weighted by molar-refractivity contribution is 6.33. The molecule has 0 saturated carbocycles. The molecule has 0 aromatic heterocycles. The van der Waals surface area contributed by atoms with Crippen molar-refractivity contribution in [2.75, 3.05) is 40.6 Å². The predicted molar refractivity (Wildman–Crippen MR) is 81.5 cm³/mol. The smallest absolute Gasteiger partial charge is 0.146 e. The summed E-state index contributed by atoms with van der Waals surface area (Å²) in [5.41, 5.74) is 0.945. The van der Waals surface area contributed by atoms with E-state index in [0.29, 0.717) is 36.3 Å². The molecule has 2 atom stereocenters. The molecule has 1 aromatic carbocycles. The number of benzene rings is 1. The minimum atomic E-state index is -0.0722. The van der Waals surface area contributed by atoms with Gasteiger partial charge in [0, 0.05) is 5.56 Å². The summed E-state index contributed by atoms with van der Waals surface area (Å²) in [7, 11) is 3.19. The highest BCUT2D eigenvalue weighted by Gasteiger charge is 2.29. The molecule has 0 radical (unpaired) electrons. The van der Waals surface area contributed by atoms with Crippen molar-refractivity contribution in [3.63, 3.8) is 0 Å². The third-order valence-corrected chi connectivity index (χ3v) is 3.85. The summed E-state index contributed by atoms with van der Waals surface area (Å²) in [6, 6.07) is 3.75. The van der Waals surface area contributed by atoms with Gasteiger partial charge in [0.2, 0.25) is 0 Å². The van der Waals surface area contributed by atoms with E-state index in [0.717, 1.165) is 12.1 Å². The van der Waals surface area contributed by atoms with Gasteiger partial charge in [0.1, 0.15) is 22.6 Å². The van der Waals surface area contributed by atoms with Gasteiger partial charge in [0.15, 0.2) is 0 Å². The van der Waals surface area contributed by atoms with E-state index in [2.05, 4.69) is 5.32 Å². The summed E-state index contributed by atoms with van der Waals surface area (Å²) >= 11 is 6.35. The Morgan fingerprint density at radius 3 is 2.71 bits per heavy atom. The van der Waals surface area contributed by atoms with Crippen molar-refractivity contribution in [2.45, 2.75) is 19.1 Å². The zero-order valence-electron chi connectivity index (χ0n) is 12.6. The van der Waals surface area contributed by atoms with Crippen LogP contribution in [0.2, 0.25) is 5.02 Å². The lowest BCUT2D eigenvalue weighted by atomic mass is 9.99. The predicted octanol–water partition coefficient (Wildman–Crippen LogP) is 2.42. The normalized spacial score (nSPS) is 20.1. The average Bonchev–Trinajstić information content (AvgIpc) is 2.53. The second kappa shape index (κ2) is 7.84. The minimum Gasteiger partial charge on any atom is -0.495 e. The number of ether oxygens (including phenoxy) is 4. The molecular formula is C15H22ClNO4. The first-order valence-corrected chi connectivity index (χ1v) is 7.43. The highest BCUT2D eigenvalue weighted by atomic mass is 35.5. The topological polar surface area (TPSA) is 49.0 Å². The number of nitrogens with one attached hydrogen (secondary N) is 1. The highest BCUT2D eigenvalue weighted by Crippen LogP contribution is 2.40. The van der Waals surface area contributed by atoms with Crippen LogP contribution in [0.4, 0.5) is 0 Å². The first-order valence-electron chi connectivity index (χ1n) is 7.06. The average molecular weight is 316 g/mol. The first-order chi connectivity index (χ1) is 10.2. The number of hydrogen-bond acceptors (Lipinski definition) is 5. The Labute approximate surface area is 130 Å². The summed E-state index contributed by atoms with van der Waals surface area (Å²) in [6.45, 7) is 4.63. The van der Waals surface area contributed by atoms with Gasteiger partial charge in [-0.25, -0.2) is 0 Å². The van der Waals surface area contributed by atoms with Gasteiger partial charge >= 0.3 is 0 Å². The van der Waals surface area contributed by atoms with Gasteiger partial charge in [-0.15, -0.1) is 0 Å². The van der Waals surface area contributed by atoms with Crippen molar-refractivity contribution < 1.29 is 18.9 Å². The van der Waals surface area contributed by atoms with Crippen LogP contribution in [-0.2, 0) is 9.47 Å². The van der Waals surface area contributed by atoms with Gasteiger partial charge in [-0.2, -0.15) is 0 Å². The summed E-state index contributed by atoms with van der Waals surface area (Å²) < 4.78 is 22.1. The molecule has 5 nitrogen and oxygen atoms in total. The largest absolute Gasteiger partial charge is 0.495 e. The van der Waals surface area contributed by atoms with Crippen LogP contribution in [0.15, 0.2) is 12.1 Å². The van der Waals surface area contributed by atoms with Gasteiger partial charge in [-0.1, -0.05) is 18.5 Å². The molecule has 0 spiro atoms. The van der Waals surface area contributed by atoms with Gasteiger partial charge < -0.3 is 24.3 Å². The monoisotopic (exact) mass is 315 g/mol. The molecule has 6 heteroatoms. The third kappa shape index (κ3) is 3.61. The summed E-state index contributed by atoms with van der Waals surface area (Å²) in [5, 5.41) is 3.89. The first kappa shape index (κ1) is 16.4. The Morgan fingerprint density at radius 1 is 1.33 bits per heavy atom. The van der Waals surface area contributed by atoms with Gasteiger partial charge in [0.05, 0.1) is 40.1 Å². The number of methoxy groups -OCH3 is 2. The van der Waals surface area contributed by atoms with Gasteiger partial charge in [-0.3, -0.25) is 0 Å². The third-order valence-electron chi connectivity index (χ3n) is 3.49. The number of rotatable bonds is 6. The molecule has 2 rings (SSSR count). The van der Waals surface area contributed by atoms with Gasteiger partial charge in [-0.05, 0) is 18.7 Å². The molecular weight excluding hydrogens is 294 g/mol. The molecule has 0 aliphatic carbocycles. The van der Waals surface area contributed by atoms with Crippen molar-refractivity contribution in [2.24, 2.45) is 0 Å². The van der Waals surface area contributed by atoms with Crippen LogP contribution in [0.25, 0.3) is 0 Å². The van der Waals surface area contributed by atoms with Crippen molar-refractivity contribution in [1.29, 1.82) is 0 Å². The maximum atomic E-state index is 6.35. The van der Waals surface area contributed by atoms with Crippen molar-refractivity contribution in [3.05, 3.63) is 22.7 Å². The summed E-state index contributed by atoms with van der Waals surface area (Å²) in [4.78, 5) is 0. The van der Waals surface area contributed by atoms with Crippen LogP contribution >= 0.6 is 11.6 Å². The lowest BCUT2D eigenvalue weighted by molar-refractivity contribution is -0.102. The van der Waals surface area contributed by atoms with Crippen molar-refractivity contribution >= 4 is 11.6 Å². The summed E-state index contributed by atoms with van der Waals surface area (Å²) in [5.74, 6) is 1.20. The number of likely N-dealkylation sites (N-methyl/N-ethyl adjacent to an activating group) is 1. The molecule has 1 fully saturated rings. The standard InChI is InChI=1S/C15H22ClNO4/c1-4-17-14(12-9-20-7-8-21-12)10-5-6-11(18-2)13(16)15(10)19-3/h5-6,12,14,17H,4,7-9H2,1-3H3. The van der Waals surface area contributed by atoms with E-state index < -0.39 is 0 Å². The lowest BCUT2D eigenvalue weighted by Gasteiger charge is -2.32. The van der Waals surface area contributed by atoms with E-state index >= 15 is 0 Å². The summed E-state index contributed by atoms with van der Waals surface area (Å²) in [6.07, 6.45) is -0.0722. The Balaban J connectivity index is 2.36. The molecule has 1 N–H and O–H groups in total. The zero-order valence-corrected chi connectivity index (χ0v) is 13.4. The van der Waals surface area contributed by atoms with Crippen molar-refractivity contribution in [1.82, 2.24) is 5.32 Å². The van der Waals surface area contributed by atoms with E-state index in [9.17, 15) is 0 Å². The molecule has 1 saturated heterocycles. The Hall–Kier alpha value is -1.01. The maximum Gasteiger partial charge on any atom is 0.146 e. The van der Waals surface area contributed by atoms with Crippen LogP contribution < -0.4 is 14.8 Å². The van der Waals surface area contributed by atoms with Crippen LogP contribution in [0, 0.1) is 0 Å². The molecule has 1 aliphatic rings. The quantitative estimate of drug-likeness (QED) is 0.873. The number of hydrogen-bond donors (Lipinski definition) is 1. The fourth-order valence-corrected chi connectivity index (χ4v) is 2.85. The molecule has 21 heavy (non-hydrogen) atoms. The van der Waals surface area contributed by atoms with Crippen LogP contribution in [-0.4, -0.2) is 46.7 Å². The molecule has 0 amide bonds. The zero-order chi connectivity index (χ0) is 15.2. The minimum absolute atomic E-state index is 0.0475. The van der Waals surface area contributed by atoms with Crippen molar-refractivity contribution in [3.8, 4) is 11.5 Å². The number of halogens is 1. The lowest BCUT2D eigenvalue weighted by Crippen LogP contribution is -2.40. The van der Waals surface area contributed by atoms with E-state index in [1.807, 2.05) is 19.1 Å².